The lowest BCUT2D eigenvalue weighted by atomic mass is 10.1. The highest BCUT2D eigenvalue weighted by Crippen LogP contribution is 2.35. The van der Waals surface area contributed by atoms with E-state index in [-0.39, 0.29) is 17.8 Å². The molecule has 0 radical (unpaired) electrons. The Labute approximate surface area is 151 Å². The van der Waals surface area contributed by atoms with Crippen LogP contribution in [0.25, 0.3) is 4.96 Å². The van der Waals surface area contributed by atoms with Crippen LogP contribution in [0.1, 0.15) is 23.9 Å². The summed E-state index contributed by atoms with van der Waals surface area (Å²) in [6, 6.07) is 4.61. The molecule has 0 aliphatic rings. The molecule has 0 fully saturated rings. The molecule has 0 aliphatic heterocycles. The molecule has 138 valence electrons. The van der Waals surface area contributed by atoms with Gasteiger partial charge in [-0.1, -0.05) is 0 Å². The van der Waals surface area contributed by atoms with Gasteiger partial charge < -0.3 is 10.1 Å². The summed E-state index contributed by atoms with van der Waals surface area (Å²) in [4.78, 5) is 17.1. The number of alkyl halides is 3. The summed E-state index contributed by atoms with van der Waals surface area (Å²) >= 11 is 1.33. The summed E-state index contributed by atoms with van der Waals surface area (Å²) in [5.74, 6) is 0.310. The van der Waals surface area contributed by atoms with E-state index in [0.29, 0.717) is 23.0 Å². The molecule has 26 heavy (non-hydrogen) atoms. The maximum absolute atomic E-state index is 13.0. The molecule has 0 saturated carbocycles. The third-order valence-electron chi connectivity index (χ3n) is 3.70. The van der Waals surface area contributed by atoms with Crippen LogP contribution in [-0.4, -0.2) is 16.0 Å². The molecule has 9 heteroatoms. The van der Waals surface area contributed by atoms with E-state index in [1.54, 1.807) is 6.92 Å². The van der Waals surface area contributed by atoms with E-state index in [1.165, 1.54) is 27.9 Å². The summed E-state index contributed by atoms with van der Waals surface area (Å²) in [5, 5.41) is 4.71. The normalized spacial score (nSPS) is 11.7. The predicted molar refractivity (Wildman–Crippen MR) is 94.0 cm³/mol. The molecule has 0 saturated heterocycles. The number of ether oxygens (including phenoxy) is 1. The predicted octanol–water partition coefficient (Wildman–Crippen LogP) is 4.09. The van der Waals surface area contributed by atoms with Crippen molar-refractivity contribution in [2.24, 2.45) is 0 Å². The van der Waals surface area contributed by atoms with Crippen LogP contribution in [0.5, 0.6) is 5.75 Å². The van der Waals surface area contributed by atoms with Crippen molar-refractivity contribution in [1.82, 2.24) is 9.38 Å². The molecular formula is C17H16F3N3O2S. The first-order chi connectivity index (χ1) is 12.3. The van der Waals surface area contributed by atoms with Gasteiger partial charge in [0.05, 0.1) is 30.1 Å². The van der Waals surface area contributed by atoms with Gasteiger partial charge in [-0.3, -0.25) is 9.20 Å². The molecule has 0 unspecified atom stereocenters. The molecular weight excluding hydrogens is 367 g/mol. The zero-order valence-corrected chi connectivity index (χ0v) is 14.9. The summed E-state index contributed by atoms with van der Waals surface area (Å²) in [6.45, 7) is 3.97. The van der Waals surface area contributed by atoms with Crippen LogP contribution in [0.4, 0.5) is 18.9 Å². The van der Waals surface area contributed by atoms with Crippen LogP contribution >= 0.6 is 11.3 Å². The van der Waals surface area contributed by atoms with Gasteiger partial charge in [-0.2, -0.15) is 13.2 Å². The Hall–Kier alpha value is -2.55. The average molecular weight is 383 g/mol. The Balaban J connectivity index is 1.90. The number of aromatic nitrogens is 2. The number of anilines is 1. The smallest absolute Gasteiger partial charge is 0.416 e. The van der Waals surface area contributed by atoms with E-state index in [2.05, 4.69) is 10.3 Å². The fraction of sp³-hybridized carbons (Fsp3) is 0.294. The highest BCUT2D eigenvalue weighted by atomic mass is 32.1. The van der Waals surface area contributed by atoms with E-state index >= 15 is 0 Å². The van der Waals surface area contributed by atoms with Gasteiger partial charge in [0.15, 0.2) is 4.96 Å². The van der Waals surface area contributed by atoms with Crippen molar-refractivity contribution in [1.29, 1.82) is 0 Å². The minimum absolute atomic E-state index is 0.101. The van der Waals surface area contributed by atoms with Gasteiger partial charge in [-0.05, 0) is 32.0 Å². The lowest BCUT2D eigenvalue weighted by Crippen LogP contribution is -2.16. The molecule has 1 aromatic carbocycles. The lowest BCUT2D eigenvalue weighted by Gasteiger charge is -2.15. The molecule has 0 aliphatic carbocycles. The minimum atomic E-state index is -4.45. The summed E-state index contributed by atoms with van der Waals surface area (Å²) in [7, 11) is 0. The van der Waals surface area contributed by atoms with Crippen LogP contribution in [0.2, 0.25) is 0 Å². The quantitative estimate of drug-likeness (QED) is 0.721. The zero-order chi connectivity index (χ0) is 18.9. The number of nitrogens with one attached hydrogen (secondary N) is 1. The van der Waals surface area contributed by atoms with Crippen molar-refractivity contribution in [2.75, 3.05) is 11.9 Å². The second-order valence-electron chi connectivity index (χ2n) is 5.58. The van der Waals surface area contributed by atoms with Gasteiger partial charge in [0, 0.05) is 17.1 Å². The largest absolute Gasteiger partial charge is 0.492 e. The highest BCUT2D eigenvalue weighted by Gasteiger charge is 2.31. The molecule has 3 rings (SSSR count). The minimum Gasteiger partial charge on any atom is -0.492 e. The van der Waals surface area contributed by atoms with Crippen molar-refractivity contribution < 1.29 is 17.9 Å². The molecule has 5 nitrogen and oxygen atoms in total. The average Bonchev–Trinajstić information content (AvgIpc) is 2.95. The highest BCUT2D eigenvalue weighted by molar-refractivity contribution is 7.15. The number of fused-ring (bicyclic) bond motifs is 1. The van der Waals surface area contributed by atoms with Crippen molar-refractivity contribution in [2.45, 2.75) is 26.6 Å². The first-order valence-corrected chi connectivity index (χ1v) is 8.72. The Morgan fingerprint density at radius 2 is 2.08 bits per heavy atom. The van der Waals surface area contributed by atoms with E-state index in [1.807, 2.05) is 12.3 Å². The number of hydrogen-bond acceptors (Lipinski definition) is 5. The topological polar surface area (TPSA) is 55.6 Å². The maximum Gasteiger partial charge on any atom is 0.416 e. The number of benzene rings is 1. The molecule has 2 heterocycles. The second-order valence-corrected chi connectivity index (χ2v) is 6.41. The molecule has 0 spiro atoms. The fourth-order valence-electron chi connectivity index (χ4n) is 2.50. The monoisotopic (exact) mass is 383 g/mol. The Kier molecular flexibility index (Phi) is 4.90. The molecule has 2 aromatic heterocycles. The molecule has 0 bridgehead atoms. The van der Waals surface area contributed by atoms with E-state index in [4.69, 9.17) is 4.74 Å². The Morgan fingerprint density at radius 1 is 1.31 bits per heavy atom. The lowest BCUT2D eigenvalue weighted by molar-refractivity contribution is -0.137. The van der Waals surface area contributed by atoms with Crippen LogP contribution < -0.4 is 15.6 Å². The number of hydrogen-bond donors (Lipinski definition) is 1. The summed E-state index contributed by atoms with van der Waals surface area (Å²) in [6.07, 6.45) is -4.45. The number of aryl methyl sites for hydroxylation is 1. The fourth-order valence-corrected chi connectivity index (χ4v) is 3.39. The van der Waals surface area contributed by atoms with Crippen LogP contribution in [0.3, 0.4) is 0 Å². The van der Waals surface area contributed by atoms with Crippen LogP contribution in [0.15, 0.2) is 34.4 Å². The van der Waals surface area contributed by atoms with E-state index in [0.717, 1.165) is 17.8 Å². The molecule has 0 amide bonds. The number of halogens is 3. The summed E-state index contributed by atoms with van der Waals surface area (Å²) < 4.78 is 45.7. The number of rotatable bonds is 5. The second kappa shape index (κ2) is 6.99. The van der Waals surface area contributed by atoms with Crippen molar-refractivity contribution in [3.63, 3.8) is 0 Å². The first kappa shape index (κ1) is 18.2. The Morgan fingerprint density at radius 3 is 2.77 bits per heavy atom. The first-order valence-electron chi connectivity index (χ1n) is 7.84. The summed E-state index contributed by atoms with van der Waals surface area (Å²) in [5.41, 5.74) is 0.432. The van der Waals surface area contributed by atoms with Crippen molar-refractivity contribution in [3.8, 4) is 5.75 Å². The van der Waals surface area contributed by atoms with Gasteiger partial charge in [0.1, 0.15) is 5.75 Å². The van der Waals surface area contributed by atoms with Crippen molar-refractivity contribution >= 4 is 22.0 Å². The van der Waals surface area contributed by atoms with Gasteiger partial charge in [-0.15, -0.1) is 11.3 Å². The maximum atomic E-state index is 13.0. The van der Waals surface area contributed by atoms with Gasteiger partial charge in [-0.25, -0.2) is 4.98 Å². The van der Waals surface area contributed by atoms with Gasteiger partial charge >= 0.3 is 6.18 Å². The molecule has 0 atom stereocenters. The third-order valence-corrected chi connectivity index (χ3v) is 4.64. The van der Waals surface area contributed by atoms with Gasteiger partial charge in [0.2, 0.25) is 0 Å². The Bertz CT molecular complexity index is 995. The third kappa shape index (κ3) is 3.67. The molecule has 3 aromatic rings. The number of nitrogens with zero attached hydrogens (tertiary/aromatic N) is 2. The number of thiazole rings is 1. The molecule has 1 N–H and O–H groups in total. The van der Waals surface area contributed by atoms with Crippen molar-refractivity contribution in [3.05, 3.63) is 57.0 Å². The van der Waals surface area contributed by atoms with E-state index < -0.39 is 11.7 Å². The van der Waals surface area contributed by atoms with E-state index in [9.17, 15) is 18.0 Å². The van der Waals surface area contributed by atoms with Crippen LogP contribution in [-0.2, 0) is 12.7 Å². The van der Waals surface area contributed by atoms with Gasteiger partial charge in [0.25, 0.3) is 5.56 Å². The zero-order valence-electron chi connectivity index (χ0n) is 14.1. The standard InChI is InChI=1S/C17H16F3N3O2S/c1-3-25-14-5-4-11(17(18,19)20)6-13(14)21-8-12-7-15(24)23-10(2)9-26-16(23)22-12/h4-7,9,21H,3,8H2,1-2H3. The SMILES string of the molecule is CCOc1ccc(C(F)(F)F)cc1NCc1cc(=O)n2c(C)csc2n1. The van der Waals surface area contributed by atoms with Crippen LogP contribution in [0, 0.1) is 6.92 Å².